The molecule has 0 aliphatic carbocycles. The molecule has 1 aliphatic rings. The number of nitrogens with one attached hydrogen (secondary N) is 1. The van der Waals surface area contributed by atoms with E-state index in [1.165, 1.54) is 12.1 Å². The van der Waals surface area contributed by atoms with Gasteiger partial charge in [0.15, 0.2) is 0 Å². The fourth-order valence-electron chi connectivity index (χ4n) is 3.52. The van der Waals surface area contributed by atoms with Crippen molar-refractivity contribution in [3.8, 4) is 0 Å². The Bertz CT molecular complexity index is 909. The number of nitrogens with zero attached hydrogens (tertiary/aromatic N) is 1. The Hall–Kier alpha value is -2.83. The molecular formula is C22H23F3N2O2. The van der Waals surface area contributed by atoms with Gasteiger partial charge in [-0.05, 0) is 41.7 Å². The first-order valence-electron chi connectivity index (χ1n) is 9.49. The molecule has 3 rings (SSSR count). The number of hydrogen-bond acceptors (Lipinski definition) is 2. The number of halogens is 3. The molecule has 1 heterocycles. The highest BCUT2D eigenvalue weighted by Crippen LogP contribution is 2.30. The minimum Gasteiger partial charge on any atom is -0.350 e. The van der Waals surface area contributed by atoms with Gasteiger partial charge in [-0.2, -0.15) is 13.2 Å². The molecule has 0 fully saturated rings. The van der Waals surface area contributed by atoms with Crippen LogP contribution in [0.3, 0.4) is 0 Å². The lowest BCUT2D eigenvalue weighted by atomic mass is 10.0. The third-order valence-corrected chi connectivity index (χ3v) is 4.94. The highest BCUT2D eigenvalue weighted by atomic mass is 19.4. The average Bonchev–Trinajstić information content (AvgIpc) is 3.00. The summed E-state index contributed by atoms with van der Waals surface area (Å²) in [6, 6.07) is 11.4. The molecule has 4 nitrogen and oxygen atoms in total. The maximum atomic E-state index is 12.9. The molecule has 2 amide bonds. The van der Waals surface area contributed by atoms with Crippen LogP contribution in [0, 0.1) is 5.92 Å². The predicted octanol–water partition coefficient (Wildman–Crippen LogP) is 4.39. The van der Waals surface area contributed by atoms with Gasteiger partial charge < -0.3 is 10.2 Å². The number of amides is 2. The molecule has 0 radical (unpaired) electrons. The van der Waals surface area contributed by atoms with E-state index in [0.29, 0.717) is 24.1 Å². The minimum atomic E-state index is -4.44. The fourth-order valence-corrected chi connectivity index (χ4v) is 3.52. The third kappa shape index (κ3) is 4.78. The van der Waals surface area contributed by atoms with E-state index in [9.17, 15) is 22.8 Å². The highest BCUT2D eigenvalue weighted by Gasteiger charge is 2.36. The first kappa shape index (κ1) is 20.9. The molecule has 29 heavy (non-hydrogen) atoms. The van der Waals surface area contributed by atoms with Crippen LogP contribution in [-0.2, 0) is 24.1 Å². The molecule has 0 aromatic heterocycles. The van der Waals surface area contributed by atoms with Gasteiger partial charge in [0.05, 0.1) is 5.56 Å². The van der Waals surface area contributed by atoms with Crippen LogP contribution in [0.25, 0.3) is 0 Å². The first-order valence-corrected chi connectivity index (χ1v) is 9.49. The summed E-state index contributed by atoms with van der Waals surface area (Å²) in [6.07, 6.45) is -3.97. The number of carbonyl (C=O) groups excluding carboxylic acids is 2. The third-order valence-electron chi connectivity index (χ3n) is 4.94. The Kier molecular flexibility index (Phi) is 5.96. The second-order valence-corrected chi connectivity index (χ2v) is 7.65. The molecule has 2 aromatic carbocycles. The molecule has 7 heteroatoms. The minimum absolute atomic E-state index is 0.0354. The van der Waals surface area contributed by atoms with E-state index in [1.54, 1.807) is 17.0 Å². The second-order valence-electron chi connectivity index (χ2n) is 7.65. The summed E-state index contributed by atoms with van der Waals surface area (Å²) in [5.74, 6) is -0.395. The van der Waals surface area contributed by atoms with Crippen LogP contribution in [0.15, 0.2) is 48.5 Å². The largest absolute Gasteiger partial charge is 0.416 e. The zero-order valence-electron chi connectivity index (χ0n) is 16.3. The van der Waals surface area contributed by atoms with E-state index >= 15 is 0 Å². The monoisotopic (exact) mass is 404 g/mol. The van der Waals surface area contributed by atoms with E-state index in [-0.39, 0.29) is 24.3 Å². The maximum Gasteiger partial charge on any atom is 0.416 e. The highest BCUT2D eigenvalue weighted by molar-refractivity contribution is 6.01. The van der Waals surface area contributed by atoms with Crippen LogP contribution >= 0.6 is 0 Å². The molecule has 0 spiro atoms. The van der Waals surface area contributed by atoms with Crippen LogP contribution in [0.1, 0.15) is 47.3 Å². The number of alkyl halides is 3. The average molecular weight is 404 g/mol. The lowest BCUT2D eigenvalue weighted by Crippen LogP contribution is -2.47. The molecule has 1 aliphatic heterocycles. The summed E-state index contributed by atoms with van der Waals surface area (Å²) in [4.78, 5) is 27.2. The van der Waals surface area contributed by atoms with E-state index in [1.807, 2.05) is 26.0 Å². The summed E-state index contributed by atoms with van der Waals surface area (Å²) in [7, 11) is 0. The quantitative estimate of drug-likeness (QED) is 0.776. The molecule has 2 aromatic rings. The van der Waals surface area contributed by atoms with Crippen LogP contribution in [-0.4, -0.2) is 22.8 Å². The van der Waals surface area contributed by atoms with Gasteiger partial charge >= 0.3 is 6.18 Å². The Balaban J connectivity index is 1.73. The molecular weight excluding hydrogens is 381 g/mol. The maximum absolute atomic E-state index is 12.9. The summed E-state index contributed by atoms with van der Waals surface area (Å²) >= 11 is 0. The molecule has 154 valence electrons. The van der Waals surface area contributed by atoms with Gasteiger partial charge in [-0.15, -0.1) is 0 Å². The van der Waals surface area contributed by atoms with E-state index < -0.39 is 17.8 Å². The first-order chi connectivity index (χ1) is 13.7. The molecule has 1 unspecified atom stereocenters. The Morgan fingerprint density at radius 2 is 1.86 bits per heavy atom. The fraction of sp³-hybridized carbons (Fsp3) is 0.364. The lowest BCUT2D eigenvalue weighted by Gasteiger charge is -2.28. The zero-order chi connectivity index (χ0) is 21.2. The Labute approximate surface area is 167 Å². The van der Waals surface area contributed by atoms with Crippen LogP contribution in [0.4, 0.5) is 13.2 Å². The number of rotatable bonds is 6. The van der Waals surface area contributed by atoms with Crippen LogP contribution < -0.4 is 5.32 Å². The van der Waals surface area contributed by atoms with Gasteiger partial charge in [0.25, 0.3) is 5.91 Å². The van der Waals surface area contributed by atoms with Crippen molar-refractivity contribution >= 4 is 11.8 Å². The molecule has 1 N–H and O–H groups in total. The number of fused-ring (bicyclic) bond motifs is 1. The van der Waals surface area contributed by atoms with Crippen LogP contribution in [0.5, 0.6) is 0 Å². The van der Waals surface area contributed by atoms with Gasteiger partial charge in [0.1, 0.15) is 6.04 Å². The molecule has 0 saturated carbocycles. The zero-order valence-corrected chi connectivity index (χ0v) is 16.3. The van der Waals surface area contributed by atoms with Crippen molar-refractivity contribution in [1.29, 1.82) is 0 Å². The van der Waals surface area contributed by atoms with Crippen LogP contribution in [0.2, 0.25) is 0 Å². The number of carbonyl (C=O) groups is 2. The van der Waals surface area contributed by atoms with E-state index in [4.69, 9.17) is 0 Å². The van der Waals surface area contributed by atoms with E-state index in [0.717, 1.165) is 17.7 Å². The standard InChI is InChI=1S/C22H23F3N2O2/c1-14(2)10-19(27-13-16-7-3-4-9-18(16)21(27)29)20(28)26-12-15-6-5-8-17(11-15)22(23,24)25/h3-9,11,14,19H,10,12-13H2,1-2H3,(H,26,28). The normalized spacial score (nSPS) is 14.8. The van der Waals surface area contributed by atoms with Crippen molar-refractivity contribution < 1.29 is 22.8 Å². The summed E-state index contributed by atoms with van der Waals surface area (Å²) in [5.41, 5.74) is 1.06. The Morgan fingerprint density at radius 3 is 2.52 bits per heavy atom. The summed E-state index contributed by atoms with van der Waals surface area (Å²) < 4.78 is 38.7. The van der Waals surface area contributed by atoms with E-state index in [2.05, 4.69) is 5.32 Å². The molecule has 0 bridgehead atoms. The van der Waals surface area contributed by atoms with Crippen molar-refractivity contribution in [3.63, 3.8) is 0 Å². The van der Waals surface area contributed by atoms with Gasteiger partial charge in [-0.3, -0.25) is 9.59 Å². The van der Waals surface area contributed by atoms with Crippen molar-refractivity contribution in [3.05, 3.63) is 70.8 Å². The lowest BCUT2D eigenvalue weighted by molar-refractivity contribution is -0.137. The molecule has 0 saturated heterocycles. The summed E-state index contributed by atoms with van der Waals surface area (Å²) in [6.45, 7) is 4.23. The van der Waals surface area contributed by atoms with Crippen molar-refractivity contribution in [1.82, 2.24) is 10.2 Å². The van der Waals surface area contributed by atoms with Crippen molar-refractivity contribution in [2.75, 3.05) is 0 Å². The van der Waals surface area contributed by atoms with Gasteiger partial charge in [0.2, 0.25) is 5.91 Å². The Morgan fingerprint density at radius 1 is 1.14 bits per heavy atom. The van der Waals surface area contributed by atoms with Crippen molar-refractivity contribution in [2.24, 2.45) is 5.92 Å². The summed E-state index contributed by atoms with van der Waals surface area (Å²) in [5, 5.41) is 2.71. The number of hydrogen-bond donors (Lipinski definition) is 1. The predicted molar refractivity (Wildman–Crippen MR) is 103 cm³/mol. The van der Waals surface area contributed by atoms with Gasteiger partial charge in [-0.1, -0.05) is 44.2 Å². The topological polar surface area (TPSA) is 49.4 Å². The van der Waals surface area contributed by atoms with Gasteiger partial charge in [0, 0.05) is 18.7 Å². The second kappa shape index (κ2) is 8.27. The van der Waals surface area contributed by atoms with Crippen molar-refractivity contribution in [2.45, 2.75) is 45.6 Å². The smallest absolute Gasteiger partial charge is 0.350 e. The molecule has 1 atom stereocenters. The SMILES string of the molecule is CC(C)CC(C(=O)NCc1cccc(C(F)(F)F)c1)N1Cc2ccccc2C1=O. The number of benzene rings is 2. The van der Waals surface area contributed by atoms with Gasteiger partial charge in [-0.25, -0.2) is 0 Å².